The highest BCUT2D eigenvalue weighted by molar-refractivity contribution is 7.15. The molecule has 1 heterocycles. The maximum Gasteiger partial charge on any atom is 0.274 e. The van der Waals surface area contributed by atoms with Crippen molar-refractivity contribution in [3.05, 3.63) is 71.1 Å². The van der Waals surface area contributed by atoms with Gasteiger partial charge in [0.15, 0.2) is 0 Å². The number of amides is 1. The Kier molecular flexibility index (Phi) is 7.30. The molecule has 152 valence electrons. The van der Waals surface area contributed by atoms with E-state index in [1.807, 2.05) is 37.3 Å². The molecule has 1 aromatic heterocycles. The third kappa shape index (κ3) is 5.60. The average Bonchev–Trinajstić information content (AvgIpc) is 3.13. The van der Waals surface area contributed by atoms with Gasteiger partial charge in [-0.05, 0) is 43.2 Å². The first kappa shape index (κ1) is 20.9. The molecule has 0 bridgehead atoms. The Morgan fingerprint density at radius 1 is 1.10 bits per heavy atom. The first-order valence-corrected chi connectivity index (χ1v) is 10.2. The number of halogens is 2. The summed E-state index contributed by atoms with van der Waals surface area (Å²) in [6, 6.07) is 15.3. The fourth-order valence-electron chi connectivity index (χ4n) is 2.90. The number of carbonyl (C=O) groups excluding carboxylic acids is 1. The lowest BCUT2D eigenvalue weighted by atomic mass is 10.1. The van der Waals surface area contributed by atoms with Crippen LogP contribution in [0.1, 0.15) is 21.9 Å². The zero-order valence-corrected chi connectivity index (χ0v) is 16.9. The lowest BCUT2D eigenvalue weighted by molar-refractivity contribution is 0.0731. The van der Waals surface area contributed by atoms with Crippen molar-refractivity contribution in [3.63, 3.8) is 0 Å². The quantitative estimate of drug-likeness (QED) is 0.454. The SMILES string of the molecule is Cc1nc(C(=O)N(CCF)CCCOc2ccc(F)cc2)c(-c2ccccc2)s1. The molecule has 0 aliphatic carbocycles. The Morgan fingerprint density at radius 3 is 2.52 bits per heavy atom. The number of carbonyl (C=O) groups is 1. The second kappa shape index (κ2) is 10.1. The monoisotopic (exact) mass is 416 g/mol. The van der Waals surface area contributed by atoms with Crippen LogP contribution in [0.4, 0.5) is 8.78 Å². The Hall–Kier alpha value is -2.80. The number of rotatable bonds is 9. The van der Waals surface area contributed by atoms with E-state index in [4.69, 9.17) is 4.74 Å². The van der Waals surface area contributed by atoms with Gasteiger partial charge >= 0.3 is 0 Å². The number of nitrogens with zero attached hydrogens (tertiary/aromatic N) is 2. The minimum Gasteiger partial charge on any atom is -0.494 e. The van der Waals surface area contributed by atoms with Gasteiger partial charge in [-0.15, -0.1) is 11.3 Å². The van der Waals surface area contributed by atoms with E-state index in [0.717, 1.165) is 15.4 Å². The summed E-state index contributed by atoms with van der Waals surface area (Å²) >= 11 is 1.45. The maximum atomic E-state index is 13.1. The molecule has 2 aromatic carbocycles. The fourth-order valence-corrected chi connectivity index (χ4v) is 3.82. The van der Waals surface area contributed by atoms with Gasteiger partial charge in [0.2, 0.25) is 0 Å². The standard InChI is InChI=1S/C22H22F2N2O2S/c1-16-25-20(21(29-16)17-6-3-2-4-7-17)22(27)26(14-12-23)13-5-15-28-19-10-8-18(24)9-11-19/h2-4,6-11H,5,12-15H2,1H3. The number of benzene rings is 2. The summed E-state index contributed by atoms with van der Waals surface area (Å²) in [5.41, 5.74) is 1.27. The third-order valence-corrected chi connectivity index (χ3v) is 5.29. The Balaban J connectivity index is 1.66. The third-order valence-electron chi connectivity index (χ3n) is 4.27. The second-order valence-corrected chi connectivity index (χ2v) is 7.62. The smallest absolute Gasteiger partial charge is 0.274 e. The van der Waals surface area contributed by atoms with E-state index < -0.39 is 6.67 Å². The van der Waals surface area contributed by atoms with Crippen LogP contribution < -0.4 is 4.74 Å². The molecular weight excluding hydrogens is 394 g/mol. The lowest BCUT2D eigenvalue weighted by Gasteiger charge is -2.21. The van der Waals surface area contributed by atoms with Crippen molar-refractivity contribution in [2.45, 2.75) is 13.3 Å². The van der Waals surface area contributed by atoms with Gasteiger partial charge in [-0.1, -0.05) is 30.3 Å². The van der Waals surface area contributed by atoms with Gasteiger partial charge in [-0.2, -0.15) is 0 Å². The molecule has 3 aromatic rings. The van der Waals surface area contributed by atoms with E-state index in [1.165, 1.54) is 28.4 Å². The molecule has 0 unspecified atom stereocenters. The number of hydrogen-bond donors (Lipinski definition) is 0. The number of hydrogen-bond acceptors (Lipinski definition) is 4. The summed E-state index contributed by atoms with van der Waals surface area (Å²) < 4.78 is 31.6. The summed E-state index contributed by atoms with van der Waals surface area (Å²) in [4.78, 5) is 19.7. The van der Waals surface area contributed by atoms with E-state index >= 15 is 0 Å². The highest BCUT2D eigenvalue weighted by atomic mass is 32.1. The highest BCUT2D eigenvalue weighted by Crippen LogP contribution is 2.30. The van der Waals surface area contributed by atoms with Crippen molar-refractivity contribution in [1.82, 2.24) is 9.88 Å². The summed E-state index contributed by atoms with van der Waals surface area (Å²) in [5, 5.41) is 0.784. The number of alkyl halides is 1. The van der Waals surface area contributed by atoms with Crippen LogP contribution in [-0.2, 0) is 0 Å². The minimum absolute atomic E-state index is 0.000184. The Morgan fingerprint density at radius 2 is 1.83 bits per heavy atom. The molecule has 0 aliphatic rings. The van der Waals surface area contributed by atoms with Crippen molar-refractivity contribution < 1.29 is 18.3 Å². The zero-order valence-electron chi connectivity index (χ0n) is 16.1. The van der Waals surface area contributed by atoms with Crippen LogP contribution in [0.25, 0.3) is 10.4 Å². The van der Waals surface area contributed by atoms with Crippen molar-refractivity contribution in [3.8, 4) is 16.2 Å². The van der Waals surface area contributed by atoms with E-state index in [9.17, 15) is 13.6 Å². The maximum absolute atomic E-state index is 13.1. The fraction of sp³-hybridized carbons (Fsp3) is 0.273. The predicted molar refractivity (Wildman–Crippen MR) is 111 cm³/mol. The molecule has 0 radical (unpaired) electrons. The van der Waals surface area contributed by atoms with Gasteiger partial charge in [0.05, 0.1) is 16.5 Å². The predicted octanol–water partition coefficient (Wildman–Crippen LogP) is 5.14. The van der Waals surface area contributed by atoms with Gasteiger partial charge in [0.1, 0.15) is 23.9 Å². The number of thiazole rings is 1. The molecule has 29 heavy (non-hydrogen) atoms. The molecule has 3 rings (SSSR count). The normalized spacial score (nSPS) is 10.7. The van der Waals surface area contributed by atoms with Crippen LogP contribution in [0.2, 0.25) is 0 Å². The van der Waals surface area contributed by atoms with Gasteiger partial charge in [0, 0.05) is 13.1 Å². The largest absolute Gasteiger partial charge is 0.494 e. The lowest BCUT2D eigenvalue weighted by Crippen LogP contribution is -2.35. The van der Waals surface area contributed by atoms with Crippen molar-refractivity contribution >= 4 is 17.2 Å². The van der Waals surface area contributed by atoms with Gasteiger partial charge in [-0.25, -0.2) is 13.8 Å². The molecular formula is C22H22F2N2O2S. The molecule has 0 saturated carbocycles. The molecule has 0 spiro atoms. The molecule has 4 nitrogen and oxygen atoms in total. The van der Waals surface area contributed by atoms with E-state index in [2.05, 4.69) is 4.98 Å². The number of ether oxygens (including phenoxy) is 1. The first-order chi connectivity index (χ1) is 14.1. The average molecular weight is 416 g/mol. The van der Waals surface area contributed by atoms with Crippen LogP contribution in [0.15, 0.2) is 54.6 Å². The van der Waals surface area contributed by atoms with Crippen molar-refractivity contribution in [2.75, 3.05) is 26.4 Å². The summed E-state index contributed by atoms with van der Waals surface area (Å²) in [7, 11) is 0. The van der Waals surface area contributed by atoms with Crippen molar-refractivity contribution in [2.24, 2.45) is 0 Å². The molecule has 1 amide bonds. The molecule has 7 heteroatoms. The van der Waals surface area contributed by atoms with Crippen molar-refractivity contribution in [1.29, 1.82) is 0 Å². The highest BCUT2D eigenvalue weighted by Gasteiger charge is 2.23. The molecule has 0 aliphatic heterocycles. The summed E-state index contributed by atoms with van der Waals surface area (Å²) in [5.74, 6) is -0.0614. The van der Waals surface area contributed by atoms with Gasteiger partial charge in [-0.3, -0.25) is 4.79 Å². The molecule has 0 saturated heterocycles. The van der Waals surface area contributed by atoms with Gasteiger partial charge < -0.3 is 9.64 Å². The molecule has 0 fully saturated rings. The second-order valence-electron chi connectivity index (χ2n) is 6.41. The number of aryl methyl sites for hydroxylation is 1. The van der Waals surface area contributed by atoms with Gasteiger partial charge in [0.25, 0.3) is 5.91 Å². The van der Waals surface area contributed by atoms with Crippen LogP contribution in [0.3, 0.4) is 0 Å². The van der Waals surface area contributed by atoms with Crippen LogP contribution in [-0.4, -0.2) is 42.2 Å². The van der Waals surface area contributed by atoms with E-state index in [1.54, 1.807) is 12.1 Å². The first-order valence-electron chi connectivity index (χ1n) is 9.35. The molecule has 0 atom stereocenters. The number of aromatic nitrogens is 1. The molecule has 0 N–H and O–H groups in total. The zero-order chi connectivity index (χ0) is 20.6. The summed E-state index contributed by atoms with van der Waals surface area (Å²) in [6.07, 6.45) is 0.521. The Labute approximate surface area is 172 Å². The van der Waals surface area contributed by atoms with E-state index in [0.29, 0.717) is 31.0 Å². The minimum atomic E-state index is -0.631. The topological polar surface area (TPSA) is 42.4 Å². The van der Waals surface area contributed by atoms with Crippen LogP contribution in [0, 0.1) is 12.7 Å². The van der Waals surface area contributed by atoms with Crippen LogP contribution in [0.5, 0.6) is 5.75 Å². The van der Waals surface area contributed by atoms with Crippen LogP contribution >= 0.6 is 11.3 Å². The summed E-state index contributed by atoms with van der Waals surface area (Å²) in [6.45, 7) is 1.90. The van der Waals surface area contributed by atoms with E-state index in [-0.39, 0.29) is 18.3 Å². The Bertz CT molecular complexity index is 930.